The van der Waals surface area contributed by atoms with Gasteiger partial charge in [-0.3, -0.25) is 0 Å². The molecular formula is C16H24N2O4S. The van der Waals surface area contributed by atoms with Crippen molar-refractivity contribution in [3.63, 3.8) is 0 Å². The Kier molecular flexibility index (Phi) is 6.01. The van der Waals surface area contributed by atoms with Crippen LogP contribution in [0.3, 0.4) is 0 Å². The lowest BCUT2D eigenvalue weighted by atomic mass is 10.1. The molecule has 1 aliphatic rings. The molecule has 1 aromatic carbocycles. The van der Waals surface area contributed by atoms with Crippen LogP contribution in [0.4, 0.5) is 4.79 Å². The van der Waals surface area contributed by atoms with E-state index in [1.807, 2.05) is 31.2 Å². The predicted octanol–water partition coefficient (Wildman–Crippen LogP) is 1.55. The maximum atomic E-state index is 12.2. The zero-order valence-corrected chi connectivity index (χ0v) is 14.4. The molecule has 0 aliphatic carbocycles. The van der Waals surface area contributed by atoms with Crippen molar-refractivity contribution in [2.45, 2.75) is 32.5 Å². The summed E-state index contributed by atoms with van der Waals surface area (Å²) in [4.78, 5) is 13.7. The standard InChI is InChI=1S/C16H24N2O4S/c1-3-22-11-14-7-5-4-6-13(14)10-17-16(19)18(2)15-8-9-23(20,21)12-15/h4-7,15H,3,8-12H2,1-2H3,(H,17,19)/t15-/m1/s1. The highest BCUT2D eigenvalue weighted by atomic mass is 32.2. The van der Waals surface area contributed by atoms with Crippen molar-refractivity contribution in [1.82, 2.24) is 10.2 Å². The molecule has 23 heavy (non-hydrogen) atoms. The van der Waals surface area contributed by atoms with Crippen LogP contribution in [0.5, 0.6) is 0 Å². The fourth-order valence-electron chi connectivity index (χ4n) is 2.62. The summed E-state index contributed by atoms with van der Waals surface area (Å²) in [5, 5.41) is 2.86. The predicted molar refractivity (Wildman–Crippen MR) is 88.8 cm³/mol. The SMILES string of the molecule is CCOCc1ccccc1CNC(=O)N(C)[C@@H]1CCS(=O)(=O)C1. The second kappa shape index (κ2) is 7.79. The molecular weight excluding hydrogens is 316 g/mol. The Morgan fingerprint density at radius 1 is 1.35 bits per heavy atom. The molecule has 0 saturated carbocycles. The van der Waals surface area contributed by atoms with Gasteiger partial charge in [0.25, 0.3) is 0 Å². The van der Waals surface area contributed by atoms with E-state index in [4.69, 9.17) is 4.74 Å². The number of ether oxygens (including phenoxy) is 1. The quantitative estimate of drug-likeness (QED) is 0.852. The average molecular weight is 340 g/mol. The van der Waals surface area contributed by atoms with Crippen molar-refractivity contribution < 1.29 is 17.9 Å². The summed E-state index contributed by atoms with van der Waals surface area (Å²) < 4.78 is 28.5. The Balaban J connectivity index is 1.91. The molecule has 0 bridgehead atoms. The van der Waals surface area contributed by atoms with Crippen LogP contribution in [0.2, 0.25) is 0 Å². The van der Waals surface area contributed by atoms with Crippen LogP contribution in [-0.4, -0.2) is 50.6 Å². The minimum absolute atomic E-state index is 0.0534. The molecule has 1 fully saturated rings. The molecule has 2 amide bonds. The minimum atomic E-state index is -3.00. The van der Waals surface area contributed by atoms with Crippen LogP contribution >= 0.6 is 0 Å². The summed E-state index contributed by atoms with van der Waals surface area (Å²) in [5.41, 5.74) is 2.04. The number of nitrogens with zero attached hydrogens (tertiary/aromatic N) is 1. The molecule has 2 rings (SSSR count). The normalized spacial score (nSPS) is 19.5. The van der Waals surface area contributed by atoms with E-state index in [9.17, 15) is 13.2 Å². The first-order chi connectivity index (χ1) is 10.9. The van der Waals surface area contributed by atoms with Gasteiger partial charge in [0, 0.05) is 26.2 Å². The highest BCUT2D eigenvalue weighted by Gasteiger charge is 2.32. The molecule has 1 aliphatic heterocycles. The molecule has 1 saturated heterocycles. The van der Waals surface area contributed by atoms with Crippen molar-refractivity contribution in [2.75, 3.05) is 25.2 Å². The van der Waals surface area contributed by atoms with Gasteiger partial charge in [-0.05, 0) is 24.5 Å². The number of hydrogen-bond acceptors (Lipinski definition) is 4. The van der Waals surface area contributed by atoms with Crippen molar-refractivity contribution in [3.05, 3.63) is 35.4 Å². The fourth-order valence-corrected chi connectivity index (χ4v) is 4.40. The summed E-state index contributed by atoms with van der Waals surface area (Å²) >= 11 is 0. The molecule has 0 unspecified atom stereocenters. The van der Waals surface area contributed by atoms with E-state index in [0.717, 1.165) is 11.1 Å². The lowest BCUT2D eigenvalue weighted by Crippen LogP contribution is -2.44. The monoisotopic (exact) mass is 340 g/mol. The van der Waals surface area contributed by atoms with E-state index in [1.54, 1.807) is 7.05 Å². The summed E-state index contributed by atoms with van der Waals surface area (Å²) in [6.45, 7) is 3.49. The van der Waals surface area contributed by atoms with Gasteiger partial charge in [-0.1, -0.05) is 24.3 Å². The van der Waals surface area contributed by atoms with Gasteiger partial charge in [-0.15, -0.1) is 0 Å². The Morgan fingerprint density at radius 3 is 2.65 bits per heavy atom. The van der Waals surface area contributed by atoms with Gasteiger partial charge in [0.2, 0.25) is 0 Å². The lowest BCUT2D eigenvalue weighted by Gasteiger charge is -2.24. The van der Waals surface area contributed by atoms with E-state index in [-0.39, 0.29) is 23.6 Å². The second-order valence-electron chi connectivity index (χ2n) is 5.73. The van der Waals surface area contributed by atoms with Crippen LogP contribution in [0.15, 0.2) is 24.3 Å². The van der Waals surface area contributed by atoms with E-state index >= 15 is 0 Å². The van der Waals surface area contributed by atoms with Gasteiger partial charge >= 0.3 is 6.03 Å². The molecule has 128 valence electrons. The van der Waals surface area contributed by atoms with Crippen LogP contribution in [-0.2, 0) is 27.7 Å². The van der Waals surface area contributed by atoms with Crippen LogP contribution in [0.1, 0.15) is 24.5 Å². The minimum Gasteiger partial charge on any atom is -0.377 e. The number of benzene rings is 1. The first-order valence-electron chi connectivity index (χ1n) is 7.78. The lowest BCUT2D eigenvalue weighted by molar-refractivity contribution is 0.133. The first-order valence-corrected chi connectivity index (χ1v) is 9.60. The molecule has 0 radical (unpaired) electrons. The van der Waals surface area contributed by atoms with E-state index in [1.165, 1.54) is 4.90 Å². The Labute approximate surface area is 137 Å². The second-order valence-corrected chi connectivity index (χ2v) is 7.96. The van der Waals surface area contributed by atoms with Gasteiger partial charge in [-0.25, -0.2) is 13.2 Å². The van der Waals surface area contributed by atoms with Gasteiger partial charge < -0.3 is 15.0 Å². The first kappa shape index (κ1) is 17.7. The van der Waals surface area contributed by atoms with E-state index in [2.05, 4.69) is 5.32 Å². The molecule has 0 aromatic heterocycles. The number of rotatable bonds is 6. The van der Waals surface area contributed by atoms with E-state index < -0.39 is 9.84 Å². The summed E-state index contributed by atoms with van der Waals surface area (Å²) in [7, 11) is -1.35. The maximum Gasteiger partial charge on any atom is 0.317 e. The van der Waals surface area contributed by atoms with Crippen LogP contribution in [0.25, 0.3) is 0 Å². The highest BCUT2D eigenvalue weighted by molar-refractivity contribution is 7.91. The van der Waals surface area contributed by atoms with Crippen molar-refractivity contribution >= 4 is 15.9 Å². The average Bonchev–Trinajstić information content (AvgIpc) is 2.90. The third kappa shape index (κ3) is 4.94. The molecule has 1 heterocycles. The molecule has 6 nitrogen and oxygen atoms in total. The molecule has 1 N–H and O–H groups in total. The molecule has 0 spiro atoms. The Bertz CT molecular complexity index is 645. The number of nitrogens with one attached hydrogen (secondary N) is 1. The zero-order valence-electron chi connectivity index (χ0n) is 13.6. The summed E-state index contributed by atoms with van der Waals surface area (Å²) in [5.74, 6) is 0.213. The van der Waals surface area contributed by atoms with Crippen molar-refractivity contribution in [1.29, 1.82) is 0 Å². The summed E-state index contributed by atoms with van der Waals surface area (Å²) in [6.07, 6.45) is 0.507. The van der Waals surface area contributed by atoms with Gasteiger partial charge in [0.15, 0.2) is 9.84 Å². The van der Waals surface area contributed by atoms with Crippen molar-refractivity contribution in [2.24, 2.45) is 0 Å². The third-order valence-corrected chi connectivity index (χ3v) is 5.84. The van der Waals surface area contributed by atoms with Gasteiger partial charge in [0.05, 0.1) is 18.1 Å². The fraction of sp³-hybridized carbons (Fsp3) is 0.562. The summed E-state index contributed by atoms with van der Waals surface area (Å²) in [6, 6.07) is 7.30. The number of urea groups is 1. The number of sulfone groups is 1. The van der Waals surface area contributed by atoms with Gasteiger partial charge in [-0.2, -0.15) is 0 Å². The van der Waals surface area contributed by atoms with Crippen LogP contribution in [0, 0.1) is 0 Å². The molecule has 7 heteroatoms. The largest absolute Gasteiger partial charge is 0.377 e. The molecule has 1 aromatic rings. The number of hydrogen-bond donors (Lipinski definition) is 1. The topological polar surface area (TPSA) is 75.7 Å². The van der Waals surface area contributed by atoms with Crippen molar-refractivity contribution in [3.8, 4) is 0 Å². The Hall–Kier alpha value is -1.60. The number of carbonyl (C=O) groups is 1. The zero-order chi connectivity index (χ0) is 16.9. The van der Waals surface area contributed by atoms with Gasteiger partial charge in [0.1, 0.15) is 0 Å². The van der Waals surface area contributed by atoms with Crippen LogP contribution < -0.4 is 5.32 Å². The number of carbonyl (C=O) groups excluding carboxylic acids is 1. The molecule has 1 atom stereocenters. The number of amides is 2. The highest BCUT2D eigenvalue weighted by Crippen LogP contribution is 2.17. The Morgan fingerprint density at radius 2 is 2.04 bits per heavy atom. The van der Waals surface area contributed by atoms with E-state index in [0.29, 0.717) is 26.2 Å². The smallest absolute Gasteiger partial charge is 0.317 e. The third-order valence-electron chi connectivity index (χ3n) is 4.09. The maximum absolute atomic E-state index is 12.2.